The maximum atomic E-state index is 11.5. The molecule has 0 radical (unpaired) electrons. The molecule has 4 nitrogen and oxygen atoms in total. The van der Waals surface area contributed by atoms with Crippen LogP contribution in [0.3, 0.4) is 0 Å². The summed E-state index contributed by atoms with van der Waals surface area (Å²) in [6.07, 6.45) is 1.44. The van der Waals surface area contributed by atoms with Crippen molar-refractivity contribution in [2.75, 3.05) is 0 Å². The molecule has 0 aliphatic carbocycles. The molecule has 1 heterocycles. The van der Waals surface area contributed by atoms with E-state index in [1.807, 2.05) is 0 Å². The molecule has 0 aliphatic heterocycles. The van der Waals surface area contributed by atoms with Crippen molar-refractivity contribution in [2.45, 2.75) is 6.92 Å². The Morgan fingerprint density at radius 3 is 2.73 bits per heavy atom. The van der Waals surface area contributed by atoms with Gasteiger partial charge in [-0.2, -0.15) is 4.73 Å². The molecule has 1 aromatic heterocycles. The number of benzene rings is 1. The number of para-hydroxylation sites is 1. The second-order valence-electron chi connectivity index (χ2n) is 3.11. The van der Waals surface area contributed by atoms with Gasteiger partial charge >= 0.3 is 5.97 Å². The van der Waals surface area contributed by atoms with Crippen LogP contribution >= 0.6 is 0 Å². The first-order valence-corrected chi connectivity index (χ1v) is 4.48. The van der Waals surface area contributed by atoms with Crippen molar-refractivity contribution in [1.82, 2.24) is 4.73 Å². The van der Waals surface area contributed by atoms with Gasteiger partial charge in [-0.3, -0.25) is 4.79 Å². The Bertz CT molecular complexity index is 571. The average Bonchev–Trinajstić information content (AvgIpc) is 2.22. The maximum absolute atomic E-state index is 11.5. The van der Waals surface area contributed by atoms with E-state index in [0.29, 0.717) is 10.9 Å². The van der Waals surface area contributed by atoms with Crippen LogP contribution in [0.1, 0.15) is 6.92 Å². The van der Waals surface area contributed by atoms with Crippen molar-refractivity contribution >= 4 is 16.9 Å². The van der Waals surface area contributed by atoms with Gasteiger partial charge in [-0.15, -0.1) is 0 Å². The molecule has 0 unspecified atom stereocenters. The highest BCUT2D eigenvalue weighted by Gasteiger charge is 2.03. The van der Waals surface area contributed by atoms with Crippen molar-refractivity contribution in [3.63, 3.8) is 0 Å². The van der Waals surface area contributed by atoms with Crippen LogP contribution in [0.4, 0.5) is 0 Å². The number of nitrogens with zero attached hydrogens (tertiary/aromatic N) is 1. The Balaban J connectivity index is 2.71. The van der Waals surface area contributed by atoms with Gasteiger partial charge in [0.05, 0.1) is 5.52 Å². The van der Waals surface area contributed by atoms with Crippen LogP contribution in [0.5, 0.6) is 0 Å². The normalized spacial score (nSPS) is 10.2. The monoisotopic (exact) mass is 203 g/mol. The Hall–Kier alpha value is -2.10. The van der Waals surface area contributed by atoms with E-state index in [1.165, 1.54) is 23.9 Å². The van der Waals surface area contributed by atoms with Gasteiger partial charge in [0.2, 0.25) is 0 Å². The molecular weight excluding hydrogens is 194 g/mol. The van der Waals surface area contributed by atoms with Gasteiger partial charge in [-0.05, 0) is 12.1 Å². The molecule has 2 rings (SSSR count). The fourth-order valence-electron chi connectivity index (χ4n) is 1.40. The first-order valence-electron chi connectivity index (χ1n) is 4.48. The van der Waals surface area contributed by atoms with Crippen LogP contribution in [0.25, 0.3) is 10.9 Å². The smallest absolute Gasteiger partial charge is 0.329 e. The first kappa shape index (κ1) is 9.45. The molecule has 0 amide bonds. The van der Waals surface area contributed by atoms with Crippen LogP contribution in [0.2, 0.25) is 0 Å². The molecule has 0 fully saturated rings. The summed E-state index contributed by atoms with van der Waals surface area (Å²) < 4.78 is 1.29. The van der Waals surface area contributed by atoms with E-state index in [0.717, 1.165) is 0 Å². The number of aromatic nitrogens is 1. The molecule has 0 saturated carbocycles. The quantitative estimate of drug-likeness (QED) is 0.694. The fourth-order valence-corrected chi connectivity index (χ4v) is 1.40. The third kappa shape index (κ3) is 1.74. The van der Waals surface area contributed by atoms with E-state index in [1.54, 1.807) is 24.3 Å². The van der Waals surface area contributed by atoms with Gasteiger partial charge in [0.1, 0.15) is 0 Å². The lowest BCUT2D eigenvalue weighted by Gasteiger charge is -2.07. The van der Waals surface area contributed by atoms with E-state index in [2.05, 4.69) is 0 Å². The standard InChI is InChI=1S/C11H9NO3/c1-8(13)15-12-7-6-11(14)9-4-2-3-5-10(9)12/h2-7H,1H3. The second-order valence-corrected chi connectivity index (χ2v) is 3.11. The molecule has 0 N–H and O–H groups in total. The minimum atomic E-state index is -0.427. The van der Waals surface area contributed by atoms with Crippen LogP contribution in [-0.2, 0) is 4.79 Å². The number of hydrogen-bond donors (Lipinski definition) is 0. The van der Waals surface area contributed by atoms with E-state index in [9.17, 15) is 9.59 Å². The summed E-state index contributed by atoms with van der Waals surface area (Å²) in [5.74, 6) is -0.427. The van der Waals surface area contributed by atoms with Crippen LogP contribution in [0.15, 0.2) is 41.3 Å². The second kappa shape index (κ2) is 3.57. The molecule has 4 heteroatoms. The molecule has 2 aromatic rings. The molecule has 0 spiro atoms. The fraction of sp³-hybridized carbons (Fsp3) is 0.0909. The highest BCUT2D eigenvalue weighted by atomic mass is 16.7. The zero-order chi connectivity index (χ0) is 10.8. The Morgan fingerprint density at radius 1 is 1.27 bits per heavy atom. The Morgan fingerprint density at radius 2 is 2.00 bits per heavy atom. The van der Waals surface area contributed by atoms with Gasteiger partial charge in [0.15, 0.2) is 5.43 Å². The van der Waals surface area contributed by atoms with Crippen LogP contribution in [0, 0.1) is 0 Å². The lowest BCUT2D eigenvalue weighted by molar-refractivity contribution is -0.141. The molecule has 0 bridgehead atoms. The lowest BCUT2D eigenvalue weighted by Crippen LogP contribution is -2.19. The highest BCUT2D eigenvalue weighted by Crippen LogP contribution is 2.07. The molecule has 15 heavy (non-hydrogen) atoms. The van der Waals surface area contributed by atoms with Gasteiger partial charge in [-0.1, -0.05) is 12.1 Å². The summed E-state index contributed by atoms with van der Waals surface area (Å²) in [4.78, 5) is 27.2. The molecule has 0 atom stereocenters. The van der Waals surface area contributed by atoms with Crippen molar-refractivity contribution in [1.29, 1.82) is 0 Å². The van der Waals surface area contributed by atoms with Crippen molar-refractivity contribution < 1.29 is 9.63 Å². The zero-order valence-electron chi connectivity index (χ0n) is 8.14. The average molecular weight is 203 g/mol. The molecule has 0 saturated heterocycles. The molecule has 1 aromatic carbocycles. The minimum absolute atomic E-state index is 0.0889. The number of pyridine rings is 1. The number of hydrogen-bond acceptors (Lipinski definition) is 3. The number of rotatable bonds is 1. The van der Waals surface area contributed by atoms with Crippen LogP contribution in [-0.4, -0.2) is 10.7 Å². The van der Waals surface area contributed by atoms with Gasteiger partial charge in [0, 0.05) is 24.6 Å². The van der Waals surface area contributed by atoms with E-state index < -0.39 is 5.97 Å². The molecular formula is C11H9NO3. The van der Waals surface area contributed by atoms with E-state index in [-0.39, 0.29) is 5.43 Å². The summed E-state index contributed by atoms with van der Waals surface area (Å²) in [6, 6.07) is 8.33. The SMILES string of the molecule is CC(=O)On1ccc(=O)c2ccccc21. The topological polar surface area (TPSA) is 48.3 Å². The van der Waals surface area contributed by atoms with E-state index in [4.69, 9.17) is 4.84 Å². The van der Waals surface area contributed by atoms with Gasteiger partial charge in [-0.25, -0.2) is 4.79 Å². The van der Waals surface area contributed by atoms with Gasteiger partial charge < -0.3 is 4.84 Å². The summed E-state index contributed by atoms with van der Waals surface area (Å²) >= 11 is 0. The number of fused-ring (bicyclic) bond motifs is 1. The summed E-state index contributed by atoms with van der Waals surface area (Å²) in [7, 11) is 0. The van der Waals surface area contributed by atoms with E-state index >= 15 is 0 Å². The number of carbonyl (C=O) groups is 1. The largest absolute Gasteiger partial charge is 0.337 e. The minimum Gasteiger partial charge on any atom is -0.337 e. The third-order valence-electron chi connectivity index (χ3n) is 2.00. The predicted octanol–water partition coefficient (Wildman–Crippen LogP) is 0.977. The summed E-state index contributed by atoms with van der Waals surface area (Å²) in [6.45, 7) is 1.31. The lowest BCUT2D eigenvalue weighted by atomic mass is 10.2. The van der Waals surface area contributed by atoms with Gasteiger partial charge in [0.25, 0.3) is 0 Å². The predicted molar refractivity (Wildman–Crippen MR) is 55.5 cm³/mol. The summed E-state index contributed by atoms with van der Waals surface area (Å²) in [5, 5.41) is 0.529. The molecule has 0 aliphatic rings. The van der Waals surface area contributed by atoms with Crippen molar-refractivity contribution in [3.05, 3.63) is 46.8 Å². The van der Waals surface area contributed by atoms with Crippen molar-refractivity contribution in [2.24, 2.45) is 0 Å². The van der Waals surface area contributed by atoms with Crippen molar-refractivity contribution in [3.8, 4) is 0 Å². The third-order valence-corrected chi connectivity index (χ3v) is 2.00. The first-order chi connectivity index (χ1) is 7.18. The zero-order valence-corrected chi connectivity index (χ0v) is 8.14. The number of carbonyl (C=O) groups excluding carboxylic acids is 1. The Labute approximate surface area is 85.7 Å². The summed E-state index contributed by atoms with van der Waals surface area (Å²) in [5.41, 5.74) is 0.495. The maximum Gasteiger partial charge on any atom is 0.329 e. The van der Waals surface area contributed by atoms with Crippen LogP contribution < -0.4 is 10.3 Å². The molecule has 76 valence electrons. The Kier molecular flexibility index (Phi) is 2.25. The highest BCUT2D eigenvalue weighted by molar-refractivity contribution is 5.79.